The summed E-state index contributed by atoms with van der Waals surface area (Å²) in [7, 11) is 0. The summed E-state index contributed by atoms with van der Waals surface area (Å²) < 4.78 is 5.07. The Morgan fingerprint density at radius 1 is 0.742 bits per heavy atom. The van der Waals surface area contributed by atoms with Gasteiger partial charge in [0.1, 0.15) is 6.04 Å². The fraction of sp³-hybridized carbons (Fsp3) is 0.174. The molecule has 160 valence electrons. The van der Waals surface area contributed by atoms with Crippen LogP contribution >= 0.6 is 0 Å². The lowest BCUT2D eigenvalue weighted by atomic mass is 10.0. The maximum Gasteiger partial charge on any atom is 0.323 e. The molecule has 0 aliphatic carbocycles. The molecule has 0 aliphatic heterocycles. The lowest BCUT2D eigenvalue weighted by Crippen LogP contribution is -2.47. The molecule has 3 rings (SSSR count). The van der Waals surface area contributed by atoms with Crippen LogP contribution in [0.4, 0.5) is 21.9 Å². The Bertz CT molecular complexity index is 1020. The molecule has 0 fully saturated rings. The van der Waals surface area contributed by atoms with Crippen LogP contribution in [0.15, 0.2) is 77.4 Å². The fourth-order valence-electron chi connectivity index (χ4n) is 2.83. The SMILES string of the molecule is CC(C)C(NC(=O)c1ccco1)C(=O)Nc1ccc(NC(=O)Nc2ccccc2)cc1. The lowest BCUT2D eigenvalue weighted by molar-refractivity contribution is -0.118. The van der Waals surface area contributed by atoms with E-state index in [1.54, 1.807) is 42.5 Å². The summed E-state index contributed by atoms with van der Waals surface area (Å²) in [5.74, 6) is -0.801. The number of para-hydroxylation sites is 1. The van der Waals surface area contributed by atoms with E-state index in [2.05, 4.69) is 21.3 Å². The molecule has 0 aliphatic rings. The number of carbonyl (C=O) groups excluding carboxylic acids is 3. The van der Waals surface area contributed by atoms with Crippen LogP contribution < -0.4 is 21.3 Å². The van der Waals surface area contributed by atoms with E-state index in [9.17, 15) is 14.4 Å². The van der Waals surface area contributed by atoms with Crippen molar-refractivity contribution < 1.29 is 18.8 Å². The third kappa shape index (κ3) is 6.20. The van der Waals surface area contributed by atoms with Crippen molar-refractivity contribution in [2.75, 3.05) is 16.0 Å². The summed E-state index contributed by atoms with van der Waals surface area (Å²) in [5.41, 5.74) is 1.79. The summed E-state index contributed by atoms with van der Waals surface area (Å²) >= 11 is 0. The van der Waals surface area contributed by atoms with Gasteiger partial charge in [-0.3, -0.25) is 9.59 Å². The summed E-state index contributed by atoms with van der Waals surface area (Å²) in [6.45, 7) is 3.68. The molecule has 4 N–H and O–H groups in total. The van der Waals surface area contributed by atoms with Crippen molar-refractivity contribution >= 4 is 34.9 Å². The van der Waals surface area contributed by atoms with Crippen molar-refractivity contribution in [3.63, 3.8) is 0 Å². The van der Waals surface area contributed by atoms with E-state index in [0.29, 0.717) is 17.1 Å². The molecule has 8 nitrogen and oxygen atoms in total. The first-order valence-corrected chi connectivity index (χ1v) is 9.80. The molecule has 1 atom stereocenters. The predicted molar refractivity (Wildman–Crippen MR) is 119 cm³/mol. The molecule has 0 radical (unpaired) electrons. The highest BCUT2D eigenvalue weighted by molar-refractivity contribution is 6.01. The minimum atomic E-state index is -0.743. The highest BCUT2D eigenvalue weighted by Crippen LogP contribution is 2.16. The van der Waals surface area contributed by atoms with Crippen molar-refractivity contribution in [3.8, 4) is 0 Å². The topological polar surface area (TPSA) is 112 Å². The van der Waals surface area contributed by atoms with Gasteiger partial charge in [0.15, 0.2) is 5.76 Å². The van der Waals surface area contributed by atoms with Gasteiger partial charge in [0.2, 0.25) is 5.91 Å². The molecule has 8 heteroatoms. The first-order chi connectivity index (χ1) is 14.9. The number of rotatable bonds is 7. The first-order valence-electron chi connectivity index (χ1n) is 9.80. The molecule has 0 saturated heterocycles. The van der Waals surface area contributed by atoms with Gasteiger partial charge in [-0.25, -0.2) is 4.79 Å². The number of nitrogens with one attached hydrogen (secondary N) is 4. The molecule has 1 aromatic heterocycles. The molecular formula is C23H24N4O4. The normalized spacial score (nSPS) is 11.5. The Kier molecular flexibility index (Phi) is 7.05. The van der Waals surface area contributed by atoms with Gasteiger partial charge < -0.3 is 25.7 Å². The number of hydrogen-bond acceptors (Lipinski definition) is 4. The number of amides is 4. The Hall–Kier alpha value is -4.07. The van der Waals surface area contributed by atoms with E-state index in [0.717, 1.165) is 0 Å². The maximum absolute atomic E-state index is 12.7. The molecule has 0 bridgehead atoms. The van der Waals surface area contributed by atoms with Crippen LogP contribution in [-0.2, 0) is 4.79 Å². The monoisotopic (exact) mass is 420 g/mol. The molecule has 3 aromatic rings. The van der Waals surface area contributed by atoms with Crippen molar-refractivity contribution in [1.29, 1.82) is 0 Å². The average Bonchev–Trinajstić information content (AvgIpc) is 3.28. The smallest absolute Gasteiger partial charge is 0.323 e. The summed E-state index contributed by atoms with van der Waals surface area (Å²) in [4.78, 5) is 37.0. The molecule has 4 amide bonds. The van der Waals surface area contributed by atoms with Gasteiger partial charge in [0.25, 0.3) is 5.91 Å². The summed E-state index contributed by atoms with van der Waals surface area (Å²) in [6, 6.07) is 17.8. The molecule has 31 heavy (non-hydrogen) atoms. The minimum Gasteiger partial charge on any atom is -0.459 e. The Morgan fingerprint density at radius 2 is 1.32 bits per heavy atom. The zero-order valence-corrected chi connectivity index (χ0v) is 17.2. The predicted octanol–water partition coefficient (Wildman–Crippen LogP) is 4.32. The van der Waals surface area contributed by atoms with Crippen molar-refractivity contribution in [2.45, 2.75) is 19.9 Å². The van der Waals surface area contributed by atoms with Gasteiger partial charge in [0.05, 0.1) is 6.26 Å². The van der Waals surface area contributed by atoms with Crippen molar-refractivity contribution in [3.05, 3.63) is 78.8 Å². The van der Waals surface area contributed by atoms with Gasteiger partial charge in [-0.1, -0.05) is 32.0 Å². The standard InChI is InChI=1S/C23H24N4O4/c1-15(2)20(27-21(28)19-9-6-14-31-19)22(29)24-17-10-12-18(13-11-17)26-23(30)25-16-7-4-3-5-8-16/h3-15,20H,1-2H3,(H,24,29)(H,27,28)(H2,25,26,30). The molecule has 0 spiro atoms. The second-order valence-electron chi connectivity index (χ2n) is 7.18. The third-order valence-corrected chi connectivity index (χ3v) is 4.42. The van der Waals surface area contributed by atoms with E-state index >= 15 is 0 Å². The van der Waals surface area contributed by atoms with Crippen molar-refractivity contribution in [2.24, 2.45) is 5.92 Å². The van der Waals surface area contributed by atoms with Crippen LogP contribution in [0.2, 0.25) is 0 Å². The maximum atomic E-state index is 12.7. The lowest BCUT2D eigenvalue weighted by Gasteiger charge is -2.21. The molecule has 0 saturated carbocycles. The van der Waals surface area contributed by atoms with Crippen LogP contribution in [0.1, 0.15) is 24.4 Å². The highest BCUT2D eigenvalue weighted by atomic mass is 16.3. The zero-order chi connectivity index (χ0) is 22.2. The van der Waals surface area contributed by atoms with Crippen LogP contribution in [0.25, 0.3) is 0 Å². The number of furan rings is 1. The molecule has 1 unspecified atom stereocenters. The number of carbonyl (C=O) groups is 3. The van der Waals surface area contributed by atoms with Crippen LogP contribution in [-0.4, -0.2) is 23.9 Å². The molecule has 1 heterocycles. The quantitative estimate of drug-likeness (QED) is 0.456. The molecule has 2 aromatic carbocycles. The van der Waals surface area contributed by atoms with Crippen LogP contribution in [0.5, 0.6) is 0 Å². The van der Waals surface area contributed by atoms with Crippen molar-refractivity contribution in [1.82, 2.24) is 5.32 Å². The van der Waals surface area contributed by atoms with E-state index < -0.39 is 11.9 Å². The number of anilines is 3. The summed E-state index contributed by atoms with van der Waals surface area (Å²) in [5, 5.41) is 10.9. The Balaban J connectivity index is 1.56. The van der Waals surface area contributed by atoms with Gasteiger partial charge in [-0.2, -0.15) is 0 Å². The Labute approximate surface area is 180 Å². The third-order valence-electron chi connectivity index (χ3n) is 4.42. The second-order valence-corrected chi connectivity index (χ2v) is 7.18. The minimum absolute atomic E-state index is 0.137. The van der Waals surface area contributed by atoms with Gasteiger partial charge in [0, 0.05) is 17.1 Å². The average molecular weight is 420 g/mol. The van der Waals surface area contributed by atoms with Crippen LogP contribution in [0.3, 0.4) is 0 Å². The van der Waals surface area contributed by atoms with Gasteiger partial charge in [-0.05, 0) is 54.4 Å². The van der Waals surface area contributed by atoms with Crippen LogP contribution in [0, 0.1) is 5.92 Å². The second kappa shape index (κ2) is 10.1. The van der Waals surface area contributed by atoms with E-state index in [1.807, 2.05) is 32.0 Å². The Morgan fingerprint density at radius 3 is 1.87 bits per heavy atom. The number of urea groups is 1. The number of hydrogen-bond donors (Lipinski definition) is 4. The van der Waals surface area contributed by atoms with E-state index in [1.165, 1.54) is 12.3 Å². The fourth-order valence-corrected chi connectivity index (χ4v) is 2.83. The van der Waals surface area contributed by atoms with Gasteiger partial charge >= 0.3 is 6.03 Å². The largest absolute Gasteiger partial charge is 0.459 e. The van der Waals surface area contributed by atoms with Gasteiger partial charge in [-0.15, -0.1) is 0 Å². The van der Waals surface area contributed by atoms with E-state index in [4.69, 9.17) is 4.42 Å². The molecular weight excluding hydrogens is 396 g/mol. The van der Waals surface area contributed by atoms with E-state index in [-0.39, 0.29) is 23.6 Å². The zero-order valence-electron chi connectivity index (χ0n) is 17.2. The first kappa shape index (κ1) is 21.6. The highest BCUT2D eigenvalue weighted by Gasteiger charge is 2.25. The number of benzene rings is 2. The summed E-state index contributed by atoms with van der Waals surface area (Å²) in [6.07, 6.45) is 1.40.